The van der Waals surface area contributed by atoms with Crippen LogP contribution in [0.15, 0.2) is 23.8 Å². The van der Waals surface area contributed by atoms with E-state index in [0.29, 0.717) is 5.57 Å². The van der Waals surface area contributed by atoms with E-state index in [0.717, 1.165) is 0 Å². The molecule has 70 valence electrons. The molecule has 13 heavy (non-hydrogen) atoms. The summed E-state index contributed by atoms with van der Waals surface area (Å²) in [6.07, 6.45) is 5.01. The van der Waals surface area contributed by atoms with Crippen LogP contribution >= 0.6 is 0 Å². The molecule has 3 nitrogen and oxygen atoms in total. The Labute approximate surface area is 77.1 Å². The van der Waals surface area contributed by atoms with Gasteiger partial charge in [0.25, 0.3) is 0 Å². The fourth-order valence-corrected chi connectivity index (χ4v) is 1.30. The first-order valence-electron chi connectivity index (χ1n) is 4.06. The van der Waals surface area contributed by atoms with Crippen molar-refractivity contribution in [3.63, 3.8) is 0 Å². The molecule has 0 saturated carbocycles. The van der Waals surface area contributed by atoms with Gasteiger partial charge in [-0.3, -0.25) is 9.59 Å². The molecule has 0 aromatic heterocycles. The number of Topliss-reactive ketones (excluding diaryl/α,β-unsaturated/α-hetero) is 1. The maximum atomic E-state index is 11.6. The van der Waals surface area contributed by atoms with Gasteiger partial charge in [0.15, 0.2) is 5.60 Å². The van der Waals surface area contributed by atoms with Crippen LogP contribution in [0.4, 0.5) is 0 Å². The van der Waals surface area contributed by atoms with Gasteiger partial charge in [-0.25, -0.2) is 0 Å². The highest BCUT2D eigenvalue weighted by atomic mass is 16.6. The topological polar surface area (TPSA) is 43.4 Å². The highest BCUT2D eigenvalue weighted by Crippen LogP contribution is 2.22. The Morgan fingerprint density at radius 1 is 1.54 bits per heavy atom. The normalized spacial score (nSPS) is 27.0. The standard InChI is InChI=1S/C10H12O3/c1-7-5-4-6-10(3,9(7)12)13-8(2)11/h4-6H,1-3H3. The molecule has 0 radical (unpaired) electrons. The predicted octanol–water partition coefficient (Wildman–Crippen LogP) is 1.39. The minimum atomic E-state index is -1.11. The third-order valence-corrected chi connectivity index (χ3v) is 1.93. The molecule has 0 aromatic rings. The molecule has 0 aromatic carbocycles. The SMILES string of the molecule is CC(=O)OC1(C)C=CC=C(C)C1=O. The Hall–Kier alpha value is -1.38. The van der Waals surface area contributed by atoms with Gasteiger partial charge in [0, 0.05) is 6.92 Å². The number of esters is 1. The fourth-order valence-electron chi connectivity index (χ4n) is 1.30. The predicted molar refractivity (Wildman–Crippen MR) is 48.1 cm³/mol. The van der Waals surface area contributed by atoms with Gasteiger partial charge in [0.2, 0.25) is 5.78 Å². The zero-order chi connectivity index (χ0) is 10.1. The number of allylic oxidation sites excluding steroid dienone is 2. The van der Waals surface area contributed by atoms with Gasteiger partial charge in [-0.1, -0.05) is 12.2 Å². The summed E-state index contributed by atoms with van der Waals surface area (Å²) < 4.78 is 4.95. The Morgan fingerprint density at radius 3 is 2.69 bits per heavy atom. The summed E-state index contributed by atoms with van der Waals surface area (Å²) in [5.41, 5.74) is -0.503. The molecule has 1 rings (SSSR count). The fraction of sp³-hybridized carbons (Fsp3) is 0.400. The number of carbonyl (C=O) groups is 2. The summed E-state index contributed by atoms with van der Waals surface area (Å²) in [4.78, 5) is 22.3. The molecule has 0 N–H and O–H groups in total. The molecule has 1 atom stereocenters. The first-order chi connectivity index (χ1) is 5.96. The van der Waals surface area contributed by atoms with Crippen LogP contribution in [-0.4, -0.2) is 17.4 Å². The molecule has 1 aliphatic rings. The molecule has 1 unspecified atom stereocenters. The number of rotatable bonds is 1. The van der Waals surface area contributed by atoms with Crippen molar-refractivity contribution in [3.05, 3.63) is 23.8 Å². The van der Waals surface area contributed by atoms with Crippen molar-refractivity contribution in [1.29, 1.82) is 0 Å². The Kier molecular flexibility index (Phi) is 2.36. The van der Waals surface area contributed by atoms with Crippen LogP contribution in [0.2, 0.25) is 0 Å². The van der Waals surface area contributed by atoms with Gasteiger partial charge in [0.05, 0.1) is 0 Å². The number of carbonyl (C=O) groups excluding carboxylic acids is 2. The van der Waals surface area contributed by atoms with Crippen molar-refractivity contribution >= 4 is 11.8 Å². The van der Waals surface area contributed by atoms with E-state index in [4.69, 9.17) is 4.74 Å². The smallest absolute Gasteiger partial charge is 0.303 e. The third-order valence-electron chi connectivity index (χ3n) is 1.93. The number of hydrogen-bond acceptors (Lipinski definition) is 3. The van der Waals surface area contributed by atoms with E-state index in [-0.39, 0.29) is 5.78 Å². The van der Waals surface area contributed by atoms with E-state index in [1.54, 1.807) is 32.1 Å². The molecular weight excluding hydrogens is 168 g/mol. The van der Waals surface area contributed by atoms with Crippen molar-refractivity contribution in [1.82, 2.24) is 0 Å². The second kappa shape index (κ2) is 3.17. The highest BCUT2D eigenvalue weighted by Gasteiger charge is 2.35. The maximum Gasteiger partial charge on any atom is 0.303 e. The molecular formula is C10H12O3. The first kappa shape index (κ1) is 9.71. The van der Waals surface area contributed by atoms with E-state index in [1.807, 2.05) is 0 Å². The van der Waals surface area contributed by atoms with Crippen LogP contribution < -0.4 is 0 Å². The van der Waals surface area contributed by atoms with Gasteiger partial charge < -0.3 is 4.74 Å². The summed E-state index contributed by atoms with van der Waals surface area (Å²) in [5, 5.41) is 0. The van der Waals surface area contributed by atoms with Gasteiger partial charge in [-0.05, 0) is 25.5 Å². The van der Waals surface area contributed by atoms with E-state index in [9.17, 15) is 9.59 Å². The van der Waals surface area contributed by atoms with Crippen molar-refractivity contribution in [2.75, 3.05) is 0 Å². The number of ketones is 1. The van der Waals surface area contributed by atoms with Crippen LogP contribution in [0.25, 0.3) is 0 Å². The quantitative estimate of drug-likeness (QED) is 0.573. The minimum absolute atomic E-state index is 0.162. The van der Waals surface area contributed by atoms with Gasteiger partial charge in [0.1, 0.15) is 0 Å². The second-order valence-corrected chi connectivity index (χ2v) is 3.24. The average Bonchev–Trinajstić information content (AvgIpc) is 1.99. The summed E-state index contributed by atoms with van der Waals surface area (Å²) >= 11 is 0. The molecule has 0 bridgehead atoms. The van der Waals surface area contributed by atoms with Gasteiger partial charge in [-0.15, -0.1) is 0 Å². The van der Waals surface area contributed by atoms with Gasteiger partial charge >= 0.3 is 5.97 Å². The monoisotopic (exact) mass is 180 g/mol. The molecule has 1 aliphatic carbocycles. The summed E-state index contributed by atoms with van der Waals surface area (Å²) in [7, 11) is 0. The third kappa shape index (κ3) is 1.86. The highest BCUT2D eigenvalue weighted by molar-refractivity contribution is 6.04. The van der Waals surface area contributed by atoms with E-state index >= 15 is 0 Å². The summed E-state index contributed by atoms with van der Waals surface area (Å²) in [6, 6.07) is 0. The Balaban J connectivity index is 2.93. The van der Waals surface area contributed by atoms with E-state index in [2.05, 4.69) is 0 Å². The summed E-state index contributed by atoms with van der Waals surface area (Å²) in [6.45, 7) is 4.58. The number of hydrogen-bond donors (Lipinski definition) is 0. The molecule has 0 fully saturated rings. The largest absolute Gasteiger partial charge is 0.447 e. The summed E-state index contributed by atoms with van der Waals surface area (Å²) in [5.74, 6) is -0.611. The zero-order valence-corrected chi connectivity index (χ0v) is 7.96. The second-order valence-electron chi connectivity index (χ2n) is 3.24. The van der Waals surface area contributed by atoms with E-state index < -0.39 is 11.6 Å². The molecule has 3 heteroatoms. The zero-order valence-electron chi connectivity index (χ0n) is 7.96. The van der Waals surface area contributed by atoms with Crippen LogP contribution in [0.1, 0.15) is 20.8 Å². The lowest BCUT2D eigenvalue weighted by atomic mass is 9.90. The van der Waals surface area contributed by atoms with Crippen LogP contribution in [0, 0.1) is 0 Å². The minimum Gasteiger partial charge on any atom is -0.447 e. The van der Waals surface area contributed by atoms with Crippen molar-refractivity contribution in [2.24, 2.45) is 0 Å². The van der Waals surface area contributed by atoms with Crippen molar-refractivity contribution in [3.8, 4) is 0 Å². The lowest BCUT2D eigenvalue weighted by Crippen LogP contribution is -2.39. The molecule has 0 heterocycles. The van der Waals surface area contributed by atoms with E-state index in [1.165, 1.54) is 6.92 Å². The molecule has 0 saturated heterocycles. The molecule has 0 spiro atoms. The van der Waals surface area contributed by atoms with Crippen LogP contribution in [0.5, 0.6) is 0 Å². The Bertz CT molecular complexity index is 312. The lowest BCUT2D eigenvalue weighted by molar-refractivity contribution is -0.157. The van der Waals surface area contributed by atoms with Crippen LogP contribution in [0.3, 0.4) is 0 Å². The van der Waals surface area contributed by atoms with Crippen molar-refractivity contribution < 1.29 is 14.3 Å². The molecule has 0 amide bonds. The van der Waals surface area contributed by atoms with Gasteiger partial charge in [-0.2, -0.15) is 0 Å². The average molecular weight is 180 g/mol. The number of ether oxygens (including phenoxy) is 1. The lowest BCUT2D eigenvalue weighted by Gasteiger charge is -2.26. The van der Waals surface area contributed by atoms with Crippen LogP contribution in [-0.2, 0) is 14.3 Å². The molecule has 0 aliphatic heterocycles. The maximum absolute atomic E-state index is 11.6. The van der Waals surface area contributed by atoms with Crippen molar-refractivity contribution in [2.45, 2.75) is 26.4 Å². The first-order valence-corrected chi connectivity index (χ1v) is 4.06. The Morgan fingerprint density at radius 2 is 2.15 bits per heavy atom.